The van der Waals surface area contributed by atoms with Crippen molar-refractivity contribution < 1.29 is 19.5 Å². The third-order valence-electron chi connectivity index (χ3n) is 3.33. The summed E-state index contributed by atoms with van der Waals surface area (Å²) in [6.07, 6.45) is 3.83. The molecule has 0 aromatic rings. The lowest BCUT2D eigenvalue weighted by Crippen LogP contribution is -2.32. The molecule has 1 fully saturated rings. The van der Waals surface area contributed by atoms with Gasteiger partial charge >= 0.3 is 5.97 Å². The third-order valence-corrected chi connectivity index (χ3v) is 3.33. The fraction of sp³-hybridized carbons (Fsp3) is 0.769. The summed E-state index contributed by atoms with van der Waals surface area (Å²) in [7, 11) is 1.71. The predicted molar refractivity (Wildman–Crippen MR) is 69.5 cm³/mol. The Morgan fingerprint density at radius 3 is 2.58 bits per heavy atom. The summed E-state index contributed by atoms with van der Waals surface area (Å²) < 4.78 is 0. The van der Waals surface area contributed by atoms with Gasteiger partial charge in [-0.3, -0.25) is 14.4 Å². The van der Waals surface area contributed by atoms with Crippen molar-refractivity contribution in [2.45, 2.75) is 38.5 Å². The number of unbranched alkanes of at least 4 members (excludes halogenated alkanes) is 3. The molecule has 1 unspecified atom stereocenters. The van der Waals surface area contributed by atoms with Gasteiger partial charge in [-0.2, -0.15) is 0 Å². The molecule has 0 spiro atoms. The second-order valence-electron chi connectivity index (χ2n) is 5.02. The molecule has 6 heteroatoms. The number of rotatable bonds is 8. The van der Waals surface area contributed by atoms with Crippen LogP contribution in [0.4, 0.5) is 0 Å². The van der Waals surface area contributed by atoms with E-state index in [1.807, 2.05) is 0 Å². The van der Waals surface area contributed by atoms with Crippen molar-refractivity contribution in [3.05, 3.63) is 0 Å². The summed E-state index contributed by atoms with van der Waals surface area (Å²) in [4.78, 5) is 34.9. The second kappa shape index (κ2) is 7.76. The van der Waals surface area contributed by atoms with Crippen molar-refractivity contribution in [3.63, 3.8) is 0 Å². The zero-order chi connectivity index (χ0) is 14.3. The van der Waals surface area contributed by atoms with Gasteiger partial charge in [0.2, 0.25) is 11.8 Å². The van der Waals surface area contributed by atoms with E-state index in [9.17, 15) is 14.4 Å². The van der Waals surface area contributed by atoms with Crippen LogP contribution in [0, 0.1) is 5.92 Å². The topological polar surface area (TPSA) is 86.7 Å². The first kappa shape index (κ1) is 15.5. The number of hydrogen-bond donors (Lipinski definition) is 2. The number of amides is 2. The molecule has 0 radical (unpaired) electrons. The minimum Gasteiger partial charge on any atom is -0.481 e. The van der Waals surface area contributed by atoms with Gasteiger partial charge in [0.1, 0.15) is 0 Å². The first-order valence-electron chi connectivity index (χ1n) is 6.74. The van der Waals surface area contributed by atoms with Crippen LogP contribution in [-0.4, -0.2) is 47.9 Å². The molecule has 6 nitrogen and oxygen atoms in total. The van der Waals surface area contributed by atoms with Gasteiger partial charge in [0.05, 0.1) is 5.92 Å². The lowest BCUT2D eigenvalue weighted by atomic mass is 10.1. The Hall–Kier alpha value is -1.59. The summed E-state index contributed by atoms with van der Waals surface area (Å²) in [6.45, 7) is 1.10. The lowest BCUT2D eigenvalue weighted by Gasteiger charge is -2.10. The molecule has 0 aliphatic carbocycles. The number of carboxylic acid groups (broad SMARTS) is 1. The van der Waals surface area contributed by atoms with Crippen LogP contribution < -0.4 is 5.32 Å². The monoisotopic (exact) mass is 270 g/mol. The van der Waals surface area contributed by atoms with E-state index in [4.69, 9.17) is 5.11 Å². The molecule has 2 amide bonds. The molecule has 2 N–H and O–H groups in total. The van der Waals surface area contributed by atoms with Crippen molar-refractivity contribution in [1.82, 2.24) is 10.2 Å². The maximum atomic E-state index is 11.7. The van der Waals surface area contributed by atoms with E-state index in [0.29, 0.717) is 25.9 Å². The number of hydrogen-bond acceptors (Lipinski definition) is 3. The van der Waals surface area contributed by atoms with Crippen LogP contribution in [0.5, 0.6) is 0 Å². The molecule has 19 heavy (non-hydrogen) atoms. The Balaban J connectivity index is 2.02. The van der Waals surface area contributed by atoms with E-state index in [1.54, 1.807) is 11.9 Å². The van der Waals surface area contributed by atoms with E-state index in [-0.39, 0.29) is 24.2 Å². The van der Waals surface area contributed by atoms with Gasteiger partial charge in [-0.05, 0) is 12.8 Å². The van der Waals surface area contributed by atoms with E-state index in [0.717, 1.165) is 19.3 Å². The molecule has 0 aromatic heterocycles. The van der Waals surface area contributed by atoms with Crippen LogP contribution in [0.15, 0.2) is 0 Å². The van der Waals surface area contributed by atoms with Crippen molar-refractivity contribution in [2.24, 2.45) is 5.92 Å². The zero-order valence-electron chi connectivity index (χ0n) is 11.4. The first-order chi connectivity index (χ1) is 9.00. The number of nitrogens with zero attached hydrogens (tertiary/aromatic N) is 1. The Morgan fingerprint density at radius 2 is 2.00 bits per heavy atom. The van der Waals surface area contributed by atoms with Crippen LogP contribution in [0.3, 0.4) is 0 Å². The van der Waals surface area contributed by atoms with Crippen molar-refractivity contribution in [3.8, 4) is 0 Å². The Morgan fingerprint density at radius 1 is 1.32 bits per heavy atom. The second-order valence-corrected chi connectivity index (χ2v) is 5.02. The number of likely N-dealkylation sites (tertiary alicyclic amines) is 1. The molecule has 1 heterocycles. The highest BCUT2D eigenvalue weighted by Gasteiger charge is 2.31. The predicted octanol–water partition coefficient (Wildman–Crippen LogP) is 0.616. The van der Waals surface area contributed by atoms with Crippen LogP contribution in [0.2, 0.25) is 0 Å². The minimum absolute atomic E-state index is 0.0221. The number of nitrogens with one attached hydrogen (secondary N) is 1. The SMILES string of the molecule is CN1CC(C(=O)NCCCCCCC(=O)O)CC1=O. The van der Waals surface area contributed by atoms with Gasteiger partial charge in [0.15, 0.2) is 0 Å². The van der Waals surface area contributed by atoms with Gasteiger partial charge in [-0.15, -0.1) is 0 Å². The highest BCUT2D eigenvalue weighted by Crippen LogP contribution is 2.15. The van der Waals surface area contributed by atoms with Crippen LogP contribution in [0.1, 0.15) is 38.5 Å². The summed E-state index contributed by atoms with van der Waals surface area (Å²) in [5.41, 5.74) is 0. The summed E-state index contributed by atoms with van der Waals surface area (Å²) in [5.74, 6) is -1.01. The molecule has 0 bridgehead atoms. The van der Waals surface area contributed by atoms with E-state index >= 15 is 0 Å². The van der Waals surface area contributed by atoms with Crippen LogP contribution in [0.25, 0.3) is 0 Å². The molecule has 1 aliphatic heterocycles. The maximum Gasteiger partial charge on any atom is 0.303 e. The van der Waals surface area contributed by atoms with Gasteiger partial charge in [-0.25, -0.2) is 0 Å². The van der Waals surface area contributed by atoms with E-state index in [1.165, 1.54) is 0 Å². The molecular formula is C13H22N2O4. The minimum atomic E-state index is -0.761. The van der Waals surface area contributed by atoms with Crippen molar-refractivity contribution >= 4 is 17.8 Å². The molecule has 1 atom stereocenters. The quantitative estimate of drug-likeness (QED) is 0.633. The molecule has 0 saturated carbocycles. The maximum absolute atomic E-state index is 11.7. The zero-order valence-corrected chi connectivity index (χ0v) is 11.4. The average molecular weight is 270 g/mol. The summed E-state index contributed by atoms with van der Waals surface area (Å²) in [6, 6.07) is 0. The largest absolute Gasteiger partial charge is 0.481 e. The standard InChI is InChI=1S/C13H22N2O4/c1-15-9-10(8-11(15)16)13(19)14-7-5-3-2-4-6-12(17)18/h10H,2-9H2,1H3,(H,14,19)(H,17,18). The highest BCUT2D eigenvalue weighted by atomic mass is 16.4. The number of carbonyl (C=O) groups excluding carboxylic acids is 2. The van der Waals surface area contributed by atoms with Crippen LogP contribution >= 0.6 is 0 Å². The Labute approximate surface area is 113 Å². The average Bonchev–Trinajstić information content (AvgIpc) is 2.68. The number of aliphatic carboxylic acids is 1. The highest BCUT2D eigenvalue weighted by molar-refractivity contribution is 5.89. The lowest BCUT2D eigenvalue weighted by molar-refractivity contribution is -0.137. The van der Waals surface area contributed by atoms with E-state index in [2.05, 4.69) is 5.32 Å². The van der Waals surface area contributed by atoms with Gasteiger partial charge in [0.25, 0.3) is 0 Å². The fourth-order valence-electron chi connectivity index (χ4n) is 2.15. The molecular weight excluding hydrogens is 248 g/mol. The third kappa shape index (κ3) is 5.72. The smallest absolute Gasteiger partial charge is 0.303 e. The molecule has 1 saturated heterocycles. The first-order valence-corrected chi connectivity index (χ1v) is 6.74. The van der Waals surface area contributed by atoms with Crippen molar-refractivity contribution in [1.29, 1.82) is 0 Å². The molecule has 108 valence electrons. The molecule has 1 rings (SSSR count). The Kier molecular flexibility index (Phi) is 6.32. The number of carboxylic acids is 1. The Bertz CT molecular complexity index is 344. The molecule has 0 aromatic carbocycles. The van der Waals surface area contributed by atoms with Crippen LogP contribution in [-0.2, 0) is 14.4 Å². The van der Waals surface area contributed by atoms with E-state index < -0.39 is 5.97 Å². The summed E-state index contributed by atoms with van der Waals surface area (Å²) in [5, 5.41) is 11.3. The fourth-order valence-corrected chi connectivity index (χ4v) is 2.15. The molecule has 1 aliphatic rings. The number of carbonyl (C=O) groups is 3. The van der Waals surface area contributed by atoms with Gasteiger partial charge in [0, 0.05) is 33.0 Å². The summed E-state index contributed by atoms with van der Waals surface area (Å²) >= 11 is 0. The van der Waals surface area contributed by atoms with Gasteiger partial charge < -0.3 is 15.3 Å². The normalized spacial score (nSPS) is 18.7. The van der Waals surface area contributed by atoms with Crippen molar-refractivity contribution in [2.75, 3.05) is 20.1 Å². The van der Waals surface area contributed by atoms with Gasteiger partial charge in [-0.1, -0.05) is 12.8 Å².